The van der Waals surface area contributed by atoms with Gasteiger partial charge in [0.2, 0.25) is 0 Å². The van der Waals surface area contributed by atoms with Crippen molar-refractivity contribution >= 4 is 0 Å². The Morgan fingerprint density at radius 2 is 2.07 bits per heavy atom. The summed E-state index contributed by atoms with van der Waals surface area (Å²) in [6.45, 7) is 3.25. The molecule has 1 aromatic rings. The SMILES string of the molecule is CCOc1ccc(CCN)cc1OC. The van der Waals surface area contributed by atoms with Gasteiger partial charge in [0.15, 0.2) is 11.5 Å². The van der Waals surface area contributed by atoms with Crippen LogP contribution in [0.25, 0.3) is 0 Å². The van der Waals surface area contributed by atoms with E-state index < -0.39 is 0 Å². The Bertz CT molecular complexity index is 287. The number of methoxy groups -OCH3 is 1. The van der Waals surface area contributed by atoms with Crippen LogP contribution in [0.15, 0.2) is 18.2 Å². The first-order valence-electron chi connectivity index (χ1n) is 4.81. The molecule has 1 rings (SSSR count). The van der Waals surface area contributed by atoms with E-state index in [0.29, 0.717) is 13.2 Å². The van der Waals surface area contributed by atoms with Gasteiger partial charge in [-0.3, -0.25) is 0 Å². The maximum absolute atomic E-state index is 5.48. The van der Waals surface area contributed by atoms with E-state index in [1.54, 1.807) is 7.11 Å². The van der Waals surface area contributed by atoms with Crippen molar-refractivity contribution in [3.8, 4) is 11.5 Å². The first kappa shape index (κ1) is 10.9. The van der Waals surface area contributed by atoms with E-state index in [9.17, 15) is 0 Å². The Kier molecular flexibility index (Phi) is 4.26. The third-order valence-corrected chi connectivity index (χ3v) is 1.96. The van der Waals surface area contributed by atoms with Gasteiger partial charge < -0.3 is 15.2 Å². The minimum Gasteiger partial charge on any atom is -0.493 e. The van der Waals surface area contributed by atoms with Gasteiger partial charge in [-0.1, -0.05) is 6.07 Å². The molecule has 1 aromatic carbocycles. The Labute approximate surface area is 84.8 Å². The van der Waals surface area contributed by atoms with Gasteiger partial charge in [-0.05, 0) is 37.6 Å². The van der Waals surface area contributed by atoms with Crippen LogP contribution in [0, 0.1) is 0 Å². The second-order valence-corrected chi connectivity index (χ2v) is 2.96. The minimum atomic E-state index is 0.645. The molecule has 0 aliphatic rings. The van der Waals surface area contributed by atoms with Crippen molar-refractivity contribution in [2.45, 2.75) is 13.3 Å². The third-order valence-electron chi connectivity index (χ3n) is 1.96. The number of benzene rings is 1. The van der Waals surface area contributed by atoms with Crippen LogP contribution in [0.1, 0.15) is 12.5 Å². The van der Waals surface area contributed by atoms with Crippen molar-refractivity contribution in [3.05, 3.63) is 23.8 Å². The summed E-state index contributed by atoms with van der Waals surface area (Å²) in [6.07, 6.45) is 0.864. The summed E-state index contributed by atoms with van der Waals surface area (Å²) in [4.78, 5) is 0. The number of nitrogens with two attached hydrogens (primary N) is 1. The molecule has 0 spiro atoms. The second kappa shape index (κ2) is 5.50. The lowest BCUT2D eigenvalue weighted by molar-refractivity contribution is 0.310. The largest absolute Gasteiger partial charge is 0.493 e. The van der Waals surface area contributed by atoms with Gasteiger partial charge in [0, 0.05) is 0 Å². The van der Waals surface area contributed by atoms with E-state index in [1.807, 2.05) is 25.1 Å². The molecule has 0 heterocycles. The molecule has 2 N–H and O–H groups in total. The number of ether oxygens (including phenoxy) is 2. The fourth-order valence-corrected chi connectivity index (χ4v) is 1.31. The highest BCUT2D eigenvalue weighted by atomic mass is 16.5. The molecule has 14 heavy (non-hydrogen) atoms. The average molecular weight is 195 g/mol. The molecule has 0 radical (unpaired) electrons. The molecule has 0 aliphatic carbocycles. The topological polar surface area (TPSA) is 44.5 Å². The van der Waals surface area contributed by atoms with Crippen LogP contribution in [0.5, 0.6) is 11.5 Å². The van der Waals surface area contributed by atoms with Crippen LogP contribution >= 0.6 is 0 Å². The zero-order valence-corrected chi connectivity index (χ0v) is 8.75. The number of rotatable bonds is 5. The zero-order valence-electron chi connectivity index (χ0n) is 8.75. The summed E-state index contributed by atoms with van der Waals surface area (Å²) in [5.74, 6) is 1.56. The Morgan fingerprint density at radius 1 is 1.29 bits per heavy atom. The van der Waals surface area contributed by atoms with Crippen molar-refractivity contribution in [2.24, 2.45) is 5.73 Å². The molecule has 3 heteroatoms. The molecule has 0 saturated carbocycles. The molecular weight excluding hydrogens is 178 g/mol. The monoisotopic (exact) mass is 195 g/mol. The van der Waals surface area contributed by atoms with Gasteiger partial charge in [-0.25, -0.2) is 0 Å². The molecule has 0 amide bonds. The smallest absolute Gasteiger partial charge is 0.161 e. The number of hydrogen-bond acceptors (Lipinski definition) is 3. The first-order valence-corrected chi connectivity index (χ1v) is 4.81. The third kappa shape index (κ3) is 2.64. The van der Waals surface area contributed by atoms with Crippen LogP contribution in [0.4, 0.5) is 0 Å². The Hall–Kier alpha value is -1.22. The fraction of sp³-hybridized carbons (Fsp3) is 0.455. The van der Waals surface area contributed by atoms with Crippen LogP contribution < -0.4 is 15.2 Å². The van der Waals surface area contributed by atoms with E-state index in [2.05, 4.69) is 0 Å². The lowest BCUT2D eigenvalue weighted by Gasteiger charge is -2.10. The van der Waals surface area contributed by atoms with Gasteiger partial charge in [0.1, 0.15) is 0 Å². The average Bonchev–Trinajstić information content (AvgIpc) is 2.21. The van der Waals surface area contributed by atoms with Gasteiger partial charge in [0.05, 0.1) is 13.7 Å². The quantitative estimate of drug-likeness (QED) is 0.776. The van der Waals surface area contributed by atoms with Gasteiger partial charge in [0.25, 0.3) is 0 Å². The van der Waals surface area contributed by atoms with E-state index in [4.69, 9.17) is 15.2 Å². The van der Waals surface area contributed by atoms with E-state index in [-0.39, 0.29) is 0 Å². The number of hydrogen-bond donors (Lipinski definition) is 1. The van der Waals surface area contributed by atoms with Gasteiger partial charge in [-0.2, -0.15) is 0 Å². The van der Waals surface area contributed by atoms with Gasteiger partial charge in [-0.15, -0.1) is 0 Å². The van der Waals surface area contributed by atoms with Crippen LogP contribution in [-0.2, 0) is 6.42 Å². The molecule has 0 aliphatic heterocycles. The summed E-state index contributed by atoms with van der Waals surface area (Å²) < 4.78 is 10.6. The molecule has 0 saturated heterocycles. The van der Waals surface area contributed by atoms with Crippen molar-refractivity contribution in [1.82, 2.24) is 0 Å². The molecule has 0 bridgehead atoms. The summed E-state index contributed by atoms with van der Waals surface area (Å²) >= 11 is 0. The zero-order chi connectivity index (χ0) is 10.4. The lowest BCUT2D eigenvalue weighted by atomic mass is 10.1. The summed E-state index contributed by atoms with van der Waals surface area (Å²) in [7, 11) is 1.64. The first-order chi connectivity index (χ1) is 6.81. The summed E-state index contributed by atoms with van der Waals surface area (Å²) in [5, 5.41) is 0. The van der Waals surface area contributed by atoms with E-state index >= 15 is 0 Å². The van der Waals surface area contributed by atoms with Crippen molar-refractivity contribution < 1.29 is 9.47 Å². The van der Waals surface area contributed by atoms with Crippen LogP contribution in [0.2, 0.25) is 0 Å². The maximum atomic E-state index is 5.48. The van der Waals surface area contributed by atoms with Crippen molar-refractivity contribution in [1.29, 1.82) is 0 Å². The highest BCUT2D eigenvalue weighted by Gasteiger charge is 2.04. The molecule has 0 fully saturated rings. The van der Waals surface area contributed by atoms with Crippen LogP contribution in [0.3, 0.4) is 0 Å². The van der Waals surface area contributed by atoms with E-state index in [1.165, 1.54) is 5.56 Å². The van der Waals surface area contributed by atoms with Gasteiger partial charge >= 0.3 is 0 Å². The summed E-state index contributed by atoms with van der Waals surface area (Å²) in [5.41, 5.74) is 6.65. The molecule has 78 valence electrons. The van der Waals surface area contributed by atoms with Crippen LogP contribution in [-0.4, -0.2) is 20.3 Å². The van der Waals surface area contributed by atoms with E-state index in [0.717, 1.165) is 17.9 Å². The molecule has 0 unspecified atom stereocenters. The normalized spacial score (nSPS) is 9.93. The predicted octanol–water partition coefficient (Wildman–Crippen LogP) is 1.60. The molecule has 3 nitrogen and oxygen atoms in total. The molecule has 0 aromatic heterocycles. The highest BCUT2D eigenvalue weighted by Crippen LogP contribution is 2.27. The highest BCUT2D eigenvalue weighted by molar-refractivity contribution is 5.43. The predicted molar refractivity (Wildman–Crippen MR) is 56.9 cm³/mol. The fourth-order valence-electron chi connectivity index (χ4n) is 1.31. The molecule has 0 atom stereocenters. The standard InChI is InChI=1S/C11H17NO2/c1-3-14-10-5-4-9(6-7-12)8-11(10)13-2/h4-5,8H,3,6-7,12H2,1-2H3. The van der Waals surface area contributed by atoms with Crippen molar-refractivity contribution in [2.75, 3.05) is 20.3 Å². The lowest BCUT2D eigenvalue weighted by Crippen LogP contribution is -2.03. The van der Waals surface area contributed by atoms with Crippen molar-refractivity contribution in [3.63, 3.8) is 0 Å². The second-order valence-electron chi connectivity index (χ2n) is 2.96. The Morgan fingerprint density at radius 3 is 2.64 bits per heavy atom. The Balaban J connectivity index is 2.87. The maximum Gasteiger partial charge on any atom is 0.161 e. The summed E-state index contributed by atoms with van der Waals surface area (Å²) in [6, 6.07) is 5.91. The minimum absolute atomic E-state index is 0.645. The molecular formula is C11H17NO2.